The normalized spacial score (nSPS) is 10.5. The zero-order valence-corrected chi connectivity index (χ0v) is 15.8. The maximum absolute atomic E-state index is 12.6. The minimum absolute atomic E-state index is 0.140. The molecule has 6 heteroatoms. The molecule has 0 saturated heterocycles. The minimum Gasteiger partial charge on any atom is -0.326 e. The van der Waals surface area contributed by atoms with Crippen LogP contribution in [0.1, 0.15) is 28.5 Å². The van der Waals surface area contributed by atoms with Gasteiger partial charge in [-0.25, -0.2) is 0 Å². The molecule has 27 heavy (non-hydrogen) atoms. The van der Waals surface area contributed by atoms with E-state index < -0.39 is 0 Å². The number of carbonyl (C=O) groups excluding carboxylic acids is 2. The molecule has 0 bridgehead atoms. The van der Waals surface area contributed by atoms with Gasteiger partial charge in [0.2, 0.25) is 5.91 Å². The van der Waals surface area contributed by atoms with E-state index in [4.69, 9.17) is 0 Å². The molecule has 138 valence electrons. The average molecular weight is 362 g/mol. The van der Waals surface area contributed by atoms with Crippen LogP contribution in [0.25, 0.3) is 11.3 Å². The van der Waals surface area contributed by atoms with Crippen LogP contribution in [0, 0.1) is 13.8 Å². The van der Waals surface area contributed by atoms with E-state index in [0.29, 0.717) is 17.1 Å². The van der Waals surface area contributed by atoms with E-state index in [1.54, 1.807) is 35.0 Å². The highest BCUT2D eigenvalue weighted by atomic mass is 16.2. The second-order valence-electron chi connectivity index (χ2n) is 6.57. The van der Waals surface area contributed by atoms with Crippen molar-refractivity contribution in [1.29, 1.82) is 0 Å². The number of hydrogen-bond acceptors (Lipinski definition) is 3. The van der Waals surface area contributed by atoms with E-state index in [1.165, 1.54) is 12.5 Å². The van der Waals surface area contributed by atoms with Gasteiger partial charge in [-0.2, -0.15) is 5.10 Å². The molecule has 0 saturated carbocycles. The van der Waals surface area contributed by atoms with E-state index in [0.717, 1.165) is 16.8 Å². The summed E-state index contributed by atoms with van der Waals surface area (Å²) in [5.41, 5.74) is 5.92. The summed E-state index contributed by atoms with van der Waals surface area (Å²) >= 11 is 0. The Kier molecular flexibility index (Phi) is 5.07. The second kappa shape index (κ2) is 7.45. The number of amides is 2. The number of aromatic nitrogens is 2. The Balaban J connectivity index is 1.79. The molecule has 0 spiro atoms. The number of anilines is 2. The Bertz CT molecular complexity index is 1000. The van der Waals surface area contributed by atoms with Crippen LogP contribution in [-0.2, 0) is 11.8 Å². The minimum atomic E-state index is -0.283. The van der Waals surface area contributed by atoms with Gasteiger partial charge in [0, 0.05) is 30.9 Å². The van der Waals surface area contributed by atoms with Gasteiger partial charge in [-0.3, -0.25) is 14.3 Å². The summed E-state index contributed by atoms with van der Waals surface area (Å²) in [5, 5.41) is 9.87. The molecule has 1 heterocycles. The van der Waals surface area contributed by atoms with Gasteiger partial charge in [0.25, 0.3) is 5.91 Å². The lowest BCUT2D eigenvalue weighted by atomic mass is 10.0. The number of benzene rings is 2. The van der Waals surface area contributed by atoms with Crippen LogP contribution in [-0.4, -0.2) is 21.6 Å². The zero-order chi connectivity index (χ0) is 19.6. The van der Waals surface area contributed by atoms with Crippen molar-refractivity contribution in [3.05, 3.63) is 65.4 Å². The van der Waals surface area contributed by atoms with Gasteiger partial charge in [-0.1, -0.05) is 23.8 Å². The quantitative estimate of drug-likeness (QED) is 0.739. The lowest BCUT2D eigenvalue weighted by Crippen LogP contribution is -2.13. The third-order valence-electron chi connectivity index (χ3n) is 4.23. The maximum atomic E-state index is 12.6. The summed E-state index contributed by atoms with van der Waals surface area (Å²) < 4.78 is 1.71. The average Bonchev–Trinajstić information content (AvgIpc) is 2.98. The van der Waals surface area contributed by atoms with Crippen molar-refractivity contribution in [3.63, 3.8) is 0 Å². The summed E-state index contributed by atoms with van der Waals surface area (Å²) in [4.78, 5) is 23.6. The van der Waals surface area contributed by atoms with Crippen LogP contribution < -0.4 is 10.6 Å². The van der Waals surface area contributed by atoms with Gasteiger partial charge in [0.15, 0.2) is 5.69 Å². The lowest BCUT2D eigenvalue weighted by Gasteiger charge is -2.06. The number of nitrogens with one attached hydrogen (secondary N) is 2. The molecule has 0 unspecified atom stereocenters. The SMILES string of the molecule is CC(=O)Nc1ccc(NC(=O)c2cc(-c3ccc(C)cc3C)n(C)n2)cc1. The van der Waals surface area contributed by atoms with Crippen molar-refractivity contribution in [2.24, 2.45) is 7.05 Å². The highest BCUT2D eigenvalue weighted by molar-refractivity contribution is 6.03. The molecule has 0 aliphatic carbocycles. The molecule has 2 N–H and O–H groups in total. The van der Waals surface area contributed by atoms with Gasteiger partial charge >= 0.3 is 0 Å². The molecule has 0 aliphatic rings. The smallest absolute Gasteiger partial charge is 0.276 e. The third-order valence-corrected chi connectivity index (χ3v) is 4.23. The Morgan fingerprint density at radius 3 is 2.15 bits per heavy atom. The largest absolute Gasteiger partial charge is 0.326 e. The van der Waals surface area contributed by atoms with E-state index in [2.05, 4.69) is 28.7 Å². The highest BCUT2D eigenvalue weighted by Gasteiger charge is 2.15. The van der Waals surface area contributed by atoms with Crippen LogP contribution >= 0.6 is 0 Å². The van der Waals surface area contributed by atoms with Crippen molar-refractivity contribution in [1.82, 2.24) is 9.78 Å². The van der Waals surface area contributed by atoms with Gasteiger partial charge in [-0.05, 0) is 49.7 Å². The Morgan fingerprint density at radius 2 is 1.56 bits per heavy atom. The summed E-state index contributed by atoms with van der Waals surface area (Å²) in [7, 11) is 1.83. The molecule has 0 radical (unpaired) electrons. The fraction of sp³-hybridized carbons (Fsp3) is 0.190. The van der Waals surface area contributed by atoms with Crippen LogP contribution in [0.2, 0.25) is 0 Å². The Morgan fingerprint density at radius 1 is 0.926 bits per heavy atom. The number of nitrogens with zero attached hydrogens (tertiary/aromatic N) is 2. The molecule has 0 atom stereocenters. The molecule has 0 aliphatic heterocycles. The third kappa shape index (κ3) is 4.23. The van der Waals surface area contributed by atoms with Crippen molar-refractivity contribution < 1.29 is 9.59 Å². The first-order valence-electron chi connectivity index (χ1n) is 8.64. The summed E-state index contributed by atoms with van der Waals surface area (Å²) in [6.07, 6.45) is 0. The fourth-order valence-electron chi connectivity index (χ4n) is 2.97. The molecule has 0 fully saturated rings. The number of rotatable bonds is 4. The molecular weight excluding hydrogens is 340 g/mol. The van der Waals surface area contributed by atoms with Crippen LogP contribution in [0.3, 0.4) is 0 Å². The van der Waals surface area contributed by atoms with Crippen molar-refractivity contribution in [2.45, 2.75) is 20.8 Å². The summed E-state index contributed by atoms with van der Waals surface area (Å²) in [6, 6.07) is 14.9. The van der Waals surface area contributed by atoms with Crippen LogP contribution in [0.4, 0.5) is 11.4 Å². The van der Waals surface area contributed by atoms with Crippen molar-refractivity contribution in [3.8, 4) is 11.3 Å². The molecule has 6 nitrogen and oxygen atoms in total. The molecule has 3 rings (SSSR count). The predicted molar refractivity (Wildman–Crippen MR) is 107 cm³/mol. The van der Waals surface area contributed by atoms with Gasteiger partial charge < -0.3 is 10.6 Å². The van der Waals surface area contributed by atoms with Crippen molar-refractivity contribution >= 4 is 23.2 Å². The van der Waals surface area contributed by atoms with E-state index >= 15 is 0 Å². The summed E-state index contributed by atoms with van der Waals surface area (Å²) in [6.45, 7) is 5.55. The standard InChI is InChI=1S/C21H22N4O2/c1-13-5-10-18(14(2)11-13)20-12-19(24-25(20)4)21(27)23-17-8-6-16(7-9-17)22-15(3)26/h5-12H,1-4H3,(H,22,26)(H,23,27). The van der Waals surface area contributed by atoms with Crippen LogP contribution in [0.15, 0.2) is 48.5 Å². The number of aryl methyl sites for hydroxylation is 3. The zero-order valence-electron chi connectivity index (χ0n) is 15.8. The van der Waals surface area contributed by atoms with E-state index in [-0.39, 0.29) is 11.8 Å². The molecule has 1 aromatic heterocycles. The molecule has 2 aromatic carbocycles. The second-order valence-corrected chi connectivity index (χ2v) is 6.57. The molecular formula is C21H22N4O2. The topological polar surface area (TPSA) is 76.0 Å². The Hall–Kier alpha value is -3.41. The Labute approximate surface area is 158 Å². The molecule has 2 amide bonds. The maximum Gasteiger partial charge on any atom is 0.276 e. The van der Waals surface area contributed by atoms with Gasteiger partial charge in [-0.15, -0.1) is 0 Å². The highest BCUT2D eigenvalue weighted by Crippen LogP contribution is 2.25. The molecule has 3 aromatic rings. The fourth-order valence-corrected chi connectivity index (χ4v) is 2.97. The lowest BCUT2D eigenvalue weighted by molar-refractivity contribution is -0.114. The number of hydrogen-bond donors (Lipinski definition) is 2. The monoisotopic (exact) mass is 362 g/mol. The van der Waals surface area contributed by atoms with Crippen molar-refractivity contribution in [2.75, 3.05) is 10.6 Å². The first-order chi connectivity index (χ1) is 12.8. The van der Waals surface area contributed by atoms with Crippen LogP contribution in [0.5, 0.6) is 0 Å². The predicted octanol–water partition coefficient (Wildman–Crippen LogP) is 3.91. The van der Waals surface area contributed by atoms with Gasteiger partial charge in [0.1, 0.15) is 0 Å². The summed E-state index contributed by atoms with van der Waals surface area (Å²) in [5.74, 6) is -0.423. The van der Waals surface area contributed by atoms with E-state index in [1.807, 2.05) is 26.1 Å². The van der Waals surface area contributed by atoms with Gasteiger partial charge in [0.05, 0.1) is 5.69 Å². The first kappa shape index (κ1) is 18.4. The van der Waals surface area contributed by atoms with E-state index in [9.17, 15) is 9.59 Å². The first-order valence-corrected chi connectivity index (χ1v) is 8.64. The number of carbonyl (C=O) groups is 2.